The average Bonchev–Trinajstić information content (AvgIpc) is 2.60. The molecular weight excluding hydrogens is 393 g/mol. The Morgan fingerprint density at radius 3 is 1.96 bits per heavy atom. The van der Waals surface area contributed by atoms with Crippen molar-refractivity contribution >= 4 is 34.6 Å². The molecule has 0 aromatic heterocycles. The minimum Gasteiger partial charge on any atom is -0.490 e. The molecule has 0 saturated carbocycles. The topological polar surface area (TPSA) is 87.6 Å². The summed E-state index contributed by atoms with van der Waals surface area (Å²) in [5, 5.41) is 10.1. The number of rotatable bonds is 5. The number of ether oxygens (including phenoxy) is 2. The minimum absolute atomic E-state index is 0.0585. The van der Waals surface area contributed by atoms with E-state index in [1.807, 2.05) is 0 Å². The van der Waals surface area contributed by atoms with Crippen LogP contribution < -0.4 is 15.2 Å². The van der Waals surface area contributed by atoms with Gasteiger partial charge in [0.15, 0.2) is 5.75 Å². The zero-order chi connectivity index (χ0) is 19.9. The normalized spacial score (nSPS) is 9.92. The summed E-state index contributed by atoms with van der Waals surface area (Å²) in [5.41, 5.74) is 5.52. The minimum atomic E-state index is -0.735. The van der Waals surface area contributed by atoms with Crippen LogP contribution in [0.25, 0.3) is 0 Å². The maximum Gasteiger partial charge on any atom is 0.312 e. The third-order valence-electron chi connectivity index (χ3n) is 2.88. The molecule has 2 rings (SSSR count). The van der Waals surface area contributed by atoms with Crippen molar-refractivity contribution < 1.29 is 23.2 Å². The second kappa shape index (κ2) is 9.98. The van der Waals surface area contributed by atoms with Gasteiger partial charge >= 0.3 is 5.69 Å². The molecule has 0 unspecified atom stereocenters. The summed E-state index contributed by atoms with van der Waals surface area (Å²) in [6.45, 7) is 4.00. The van der Waals surface area contributed by atoms with Crippen molar-refractivity contribution in [1.29, 1.82) is 0 Å². The summed E-state index contributed by atoms with van der Waals surface area (Å²) in [6, 6.07) is 4.58. The number of hydrogen-bond donors (Lipinski definition) is 1. The quantitative estimate of drug-likeness (QED) is 0.414. The molecule has 0 radical (unpaired) electrons. The number of halogens is 4. The van der Waals surface area contributed by atoms with E-state index in [2.05, 4.69) is 0 Å². The van der Waals surface area contributed by atoms with Crippen LogP contribution in [-0.4, -0.2) is 18.1 Å². The molecule has 0 fully saturated rings. The van der Waals surface area contributed by atoms with Gasteiger partial charge in [-0.05, 0) is 32.0 Å². The Labute approximate surface area is 158 Å². The van der Waals surface area contributed by atoms with Crippen molar-refractivity contribution in [2.75, 3.05) is 18.9 Å². The monoisotopic (exact) mass is 408 g/mol. The zero-order valence-corrected chi connectivity index (χ0v) is 15.4. The third kappa shape index (κ3) is 5.34. The highest BCUT2D eigenvalue weighted by Crippen LogP contribution is 2.36. The number of nitrogen functional groups attached to an aromatic ring is 1. The van der Waals surface area contributed by atoms with E-state index in [-0.39, 0.29) is 33.8 Å². The van der Waals surface area contributed by atoms with Crippen molar-refractivity contribution in [2.45, 2.75) is 13.8 Å². The first kappa shape index (κ1) is 21.7. The number of nitro benzene ring substituents is 1. The van der Waals surface area contributed by atoms with Gasteiger partial charge in [-0.1, -0.05) is 23.2 Å². The first-order chi connectivity index (χ1) is 12.2. The van der Waals surface area contributed by atoms with Crippen LogP contribution in [0.15, 0.2) is 24.3 Å². The Morgan fingerprint density at radius 2 is 1.46 bits per heavy atom. The van der Waals surface area contributed by atoms with E-state index in [1.54, 1.807) is 13.8 Å². The lowest BCUT2D eigenvalue weighted by atomic mass is 10.3. The molecule has 142 valence electrons. The molecule has 0 amide bonds. The smallest absolute Gasteiger partial charge is 0.312 e. The average molecular weight is 409 g/mol. The molecule has 2 aromatic rings. The Morgan fingerprint density at radius 1 is 1.00 bits per heavy atom. The number of nitrogens with two attached hydrogens (primary N) is 1. The largest absolute Gasteiger partial charge is 0.490 e. The number of anilines is 1. The van der Waals surface area contributed by atoms with E-state index >= 15 is 0 Å². The number of benzene rings is 2. The van der Waals surface area contributed by atoms with Crippen molar-refractivity contribution in [3.8, 4) is 11.5 Å². The summed E-state index contributed by atoms with van der Waals surface area (Å²) in [7, 11) is 0. The van der Waals surface area contributed by atoms with Crippen LogP contribution in [0.5, 0.6) is 11.5 Å². The predicted molar refractivity (Wildman–Crippen MR) is 96.2 cm³/mol. The summed E-state index contributed by atoms with van der Waals surface area (Å²) in [4.78, 5) is 9.83. The van der Waals surface area contributed by atoms with E-state index < -0.39 is 16.6 Å². The van der Waals surface area contributed by atoms with Crippen LogP contribution in [0, 0.1) is 21.7 Å². The molecule has 2 N–H and O–H groups in total. The van der Waals surface area contributed by atoms with Crippen molar-refractivity contribution in [3.63, 3.8) is 0 Å². The van der Waals surface area contributed by atoms with Crippen molar-refractivity contribution in [2.24, 2.45) is 0 Å². The summed E-state index contributed by atoms with van der Waals surface area (Å²) in [5.74, 6) is -1.26. The van der Waals surface area contributed by atoms with Crippen LogP contribution in [0.2, 0.25) is 10.0 Å². The molecule has 26 heavy (non-hydrogen) atoms. The van der Waals surface area contributed by atoms with Crippen LogP contribution in [0.1, 0.15) is 13.8 Å². The fourth-order valence-corrected chi connectivity index (χ4v) is 2.23. The fourth-order valence-electron chi connectivity index (χ4n) is 1.79. The van der Waals surface area contributed by atoms with Gasteiger partial charge in [0.05, 0.1) is 23.8 Å². The van der Waals surface area contributed by atoms with Gasteiger partial charge in [-0.2, -0.15) is 0 Å². The van der Waals surface area contributed by atoms with Gasteiger partial charge in [0.2, 0.25) is 5.75 Å². The summed E-state index contributed by atoms with van der Waals surface area (Å²) in [6.07, 6.45) is 0. The maximum absolute atomic E-state index is 12.9. The molecule has 0 spiro atoms. The molecule has 0 bridgehead atoms. The van der Waals surface area contributed by atoms with Gasteiger partial charge in [-0.15, -0.1) is 0 Å². The molecular formula is C16H16Cl2F2N2O4. The van der Waals surface area contributed by atoms with Crippen LogP contribution >= 0.6 is 23.2 Å². The Bertz CT molecular complexity index is 791. The van der Waals surface area contributed by atoms with Crippen LogP contribution in [0.3, 0.4) is 0 Å². The molecule has 0 saturated heterocycles. The number of hydrogen-bond acceptors (Lipinski definition) is 5. The first-order valence-electron chi connectivity index (χ1n) is 7.35. The molecule has 6 nitrogen and oxygen atoms in total. The van der Waals surface area contributed by atoms with E-state index in [0.717, 1.165) is 12.1 Å². The molecule has 0 atom stereocenters. The van der Waals surface area contributed by atoms with Crippen LogP contribution in [-0.2, 0) is 0 Å². The number of nitro groups is 1. The van der Waals surface area contributed by atoms with E-state index in [9.17, 15) is 18.9 Å². The highest BCUT2D eigenvalue weighted by Gasteiger charge is 2.21. The lowest BCUT2D eigenvalue weighted by Gasteiger charge is -2.08. The molecule has 0 aliphatic heterocycles. The van der Waals surface area contributed by atoms with E-state index in [0.29, 0.717) is 12.3 Å². The van der Waals surface area contributed by atoms with Gasteiger partial charge in [0.1, 0.15) is 21.7 Å². The third-order valence-corrected chi connectivity index (χ3v) is 3.59. The summed E-state index contributed by atoms with van der Waals surface area (Å²) >= 11 is 11.1. The highest BCUT2D eigenvalue weighted by atomic mass is 35.5. The van der Waals surface area contributed by atoms with Crippen molar-refractivity contribution in [3.05, 3.63) is 56.1 Å². The lowest BCUT2D eigenvalue weighted by molar-refractivity contribution is -0.385. The Balaban J connectivity index is 0.000000263. The lowest BCUT2D eigenvalue weighted by Crippen LogP contribution is -1.99. The van der Waals surface area contributed by atoms with Crippen molar-refractivity contribution in [1.82, 2.24) is 0 Å². The van der Waals surface area contributed by atoms with Gasteiger partial charge in [-0.3, -0.25) is 10.1 Å². The second-order valence-corrected chi connectivity index (χ2v) is 5.37. The first-order valence-corrected chi connectivity index (χ1v) is 8.11. The Kier molecular flexibility index (Phi) is 8.34. The van der Waals surface area contributed by atoms with Gasteiger partial charge in [-0.25, -0.2) is 8.78 Å². The maximum atomic E-state index is 12.9. The van der Waals surface area contributed by atoms with Gasteiger partial charge < -0.3 is 15.2 Å². The SMILES string of the molecule is CCOc1c(N)ccc(F)c1Cl.CCOc1c([N+](=O)[O-])ccc(F)c1Cl. The fraction of sp³-hybridized carbons (Fsp3) is 0.250. The number of nitrogens with zero attached hydrogens (tertiary/aromatic N) is 1. The van der Waals surface area contributed by atoms with Gasteiger partial charge in [0, 0.05) is 6.07 Å². The standard InChI is InChI=1S/C8H7ClFNO3.C8H9ClFNO/c1-2-14-8-6(11(12)13)4-3-5(10)7(8)9;1-2-12-8-6(11)4-3-5(10)7(8)9/h3-4H,2H2,1H3;3-4H,2,11H2,1H3. The van der Waals surface area contributed by atoms with Gasteiger partial charge in [0.25, 0.3) is 0 Å². The molecule has 10 heteroatoms. The molecule has 0 aliphatic carbocycles. The molecule has 2 aromatic carbocycles. The molecule has 0 aliphatic rings. The van der Waals surface area contributed by atoms with E-state index in [1.165, 1.54) is 12.1 Å². The second-order valence-electron chi connectivity index (χ2n) is 4.61. The predicted octanol–water partition coefficient (Wildman–Crippen LogP) is 5.25. The van der Waals surface area contributed by atoms with E-state index in [4.69, 9.17) is 38.4 Å². The summed E-state index contributed by atoms with van der Waals surface area (Å²) < 4.78 is 35.7. The highest BCUT2D eigenvalue weighted by molar-refractivity contribution is 6.33. The zero-order valence-electron chi connectivity index (χ0n) is 13.9. The van der Waals surface area contributed by atoms with Crippen LogP contribution in [0.4, 0.5) is 20.2 Å². The molecule has 0 heterocycles. The Hall–Kier alpha value is -2.32.